The smallest absolute Gasteiger partial charge is 0.253 e. The number of pyridine rings is 1. The SMILES string of the molecule is Cc1nccc(NC(=O)[C@H]2CC[C@@H](C)O2)c1Cl. The quantitative estimate of drug-likeness (QED) is 0.882. The maximum Gasteiger partial charge on any atom is 0.253 e. The van der Waals surface area contributed by atoms with Crippen LogP contribution in [0.2, 0.25) is 5.02 Å². The number of nitrogens with zero attached hydrogens (tertiary/aromatic N) is 1. The zero-order valence-electron chi connectivity index (χ0n) is 9.87. The first-order chi connectivity index (χ1) is 8.08. The van der Waals surface area contributed by atoms with Gasteiger partial charge in [0.1, 0.15) is 6.10 Å². The van der Waals surface area contributed by atoms with Gasteiger partial charge >= 0.3 is 0 Å². The number of anilines is 1. The van der Waals surface area contributed by atoms with Gasteiger partial charge in [0.25, 0.3) is 5.91 Å². The fourth-order valence-electron chi connectivity index (χ4n) is 1.85. The molecule has 1 aliphatic rings. The Morgan fingerprint density at radius 3 is 3.00 bits per heavy atom. The lowest BCUT2D eigenvalue weighted by molar-refractivity contribution is -0.126. The summed E-state index contributed by atoms with van der Waals surface area (Å²) >= 11 is 6.05. The predicted molar refractivity (Wildman–Crippen MR) is 66.2 cm³/mol. The first-order valence-corrected chi connectivity index (χ1v) is 6.03. The van der Waals surface area contributed by atoms with Crippen LogP contribution >= 0.6 is 11.6 Å². The first kappa shape index (κ1) is 12.3. The van der Waals surface area contributed by atoms with E-state index < -0.39 is 0 Å². The Morgan fingerprint density at radius 1 is 1.59 bits per heavy atom. The summed E-state index contributed by atoms with van der Waals surface area (Å²) in [6.07, 6.45) is 3.08. The minimum absolute atomic E-state index is 0.137. The minimum Gasteiger partial charge on any atom is -0.365 e. The van der Waals surface area contributed by atoms with Gasteiger partial charge in [-0.1, -0.05) is 11.6 Å². The molecule has 0 radical (unpaired) electrons. The molecule has 1 N–H and O–H groups in total. The van der Waals surface area contributed by atoms with Gasteiger partial charge in [-0.2, -0.15) is 0 Å². The van der Waals surface area contributed by atoms with Crippen LogP contribution in [0, 0.1) is 6.92 Å². The number of carbonyl (C=O) groups is 1. The average Bonchev–Trinajstić information content (AvgIpc) is 2.72. The van der Waals surface area contributed by atoms with Crippen LogP contribution in [0.4, 0.5) is 5.69 Å². The van der Waals surface area contributed by atoms with E-state index in [0.29, 0.717) is 16.4 Å². The van der Waals surface area contributed by atoms with Gasteiger partial charge in [0.15, 0.2) is 0 Å². The zero-order valence-corrected chi connectivity index (χ0v) is 10.6. The molecule has 1 aromatic rings. The Hall–Kier alpha value is -1.13. The number of rotatable bonds is 2. The second kappa shape index (κ2) is 5.02. The van der Waals surface area contributed by atoms with E-state index in [-0.39, 0.29) is 18.1 Å². The number of ether oxygens (including phenoxy) is 1. The molecule has 0 aromatic carbocycles. The first-order valence-electron chi connectivity index (χ1n) is 5.65. The Balaban J connectivity index is 2.06. The summed E-state index contributed by atoms with van der Waals surface area (Å²) in [5, 5.41) is 3.26. The molecule has 4 nitrogen and oxygen atoms in total. The molecule has 1 fully saturated rings. The molecule has 2 heterocycles. The third kappa shape index (κ3) is 2.76. The van der Waals surface area contributed by atoms with Crippen molar-refractivity contribution in [2.75, 3.05) is 5.32 Å². The van der Waals surface area contributed by atoms with Gasteiger partial charge in [0.2, 0.25) is 0 Å². The van der Waals surface area contributed by atoms with E-state index in [4.69, 9.17) is 16.3 Å². The van der Waals surface area contributed by atoms with Gasteiger partial charge < -0.3 is 10.1 Å². The number of aryl methyl sites for hydroxylation is 1. The molecule has 92 valence electrons. The van der Waals surface area contributed by atoms with Crippen molar-refractivity contribution in [3.63, 3.8) is 0 Å². The lowest BCUT2D eigenvalue weighted by Crippen LogP contribution is -2.27. The molecule has 0 spiro atoms. The standard InChI is InChI=1S/C12H15ClN2O2/c1-7-3-4-10(17-7)12(16)15-9-5-6-14-8(2)11(9)13/h5-7,10H,3-4H2,1-2H3,(H,14,15,16)/t7-,10-/m1/s1. The van der Waals surface area contributed by atoms with Crippen LogP contribution in [0.3, 0.4) is 0 Å². The maximum absolute atomic E-state index is 11.9. The highest BCUT2D eigenvalue weighted by Crippen LogP contribution is 2.25. The van der Waals surface area contributed by atoms with E-state index in [1.165, 1.54) is 0 Å². The van der Waals surface area contributed by atoms with Crippen molar-refractivity contribution < 1.29 is 9.53 Å². The fraction of sp³-hybridized carbons (Fsp3) is 0.500. The Kier molecular flexibility index (Phi) is 3.64. The van der Waals surface area contributed by atoms with Crippen molar-refractivity contribution in [1.82, 2.24) is 4.98 Å². The van der Waals surface area contributed by atoms with Crippen molar-refractivity contribution in [3.8, 4) is 0 Å². The second-order valence-corrected chi connectivity index (χ2v) is 4.64. The van der Waals surface area contributed by atoms with Gasteiger partial charge in [-0.3, -0.25) is 9.78 Å². The monoisotopic (exact) mass is 254 g/mol. The molecule has 0 aliphatic carbocycles. The van der Waals surface area contributed by atoms with E-state index in [1.54, 1.807) is 19.2 Å². The maximum atomic E-state index is 11.9. The molecule has 2 rings (SSSR count). The molecular weight excluding hydrogens is 240 g/mol. The van der Waals surface area contributed by atoms with E-state index in [0.717, 1.165) is 12.8 Å². The van der Waals surface area contributed by atoms with Crippen LogP contribution < -0.4 is 5.32 Å². The van der Waals surface area contributed by atoms with Crippen molar-refractivity contribution in [2.24, 2.45) is 0 Å². The molecule has 1 saturated heterocycles. The summed E-state index contributed by atoms with van der Waals surface area (Å²) in [6.45, 7) is 3.77. The third-order valence-corrected chi connectivity index (χ3v) is 3.32. The van der Waals surface area contributed by atoms with Crippen molar-refractivity contribution in [3.05, 3.63) is 23.0 Å². The van der Waals surface area contributed by atoms with Crippen molar-refractivity contribution in [2.45, 2.75) is 38.9 Å². The topological polar surface area (TPSA) is 51.2 Å². The third-order valence-electron chi connectivity index (χ3n) is 2.85. The fourth-order valence-corrected chi connectivity index (χ4v) is 2.01. The minimum atomic E-state index is -0.366. The number of halogens is 1. The molecule has 5 heteroatoms. The molecule has 1 aromatic heterocycles. The summed E-state index contributed by atoms with van der Waals surface area (Å²) in [5.41, 5.74) is 1.29. The highest BCUT2D eigenvalue weighted by Gasteiger charge is 2.28. The summed E-state index contributed by atoms with van der Waals surface area (Å²) in [5.74, 6) is -0.137. The number of hydrogen-bond acceptors (Lipinski definition) is 3. The number of amides is 1. The van der Waals surface area contributed by atoms with E-state index in [1.807, 2.05) is 6.92 Å². The molecule has 0 bridgehead atoms. The Bertz CT molecular complexity index is 437. The molecule has 2 atom stereocenters. The van der Waals surface area contributed by atoms with E-state index >= 15 is 0 Å². The lowest BCUT2D eigenvalue weighted by atomic mass is 10.2. The second-order valence-electron chi connectivity index (χ2n) is 4.26. The molecule has 1 amide bonds. The highest BCUT2D eigenvalue weighted by atomic mass is 35.5. The van der Waals surface area contributed by atoms with Crippen molar-refractivity contribution >= 4 is 23.2 Å². The van der Waals surface area contributed by atoms with Gasteiger partial charge in [0.05, 0.1) is 22.5 Å². The van der Waals surface area contributed by atoms with E-state index in [9.17, 15) is 4.79 Å². The zero-order chi connectivity index (χ0) is 12.4. The molecule has 17 heavy (non-hydrogen) atoms. The highest BCUT2D eigenvalue weighted by molar-refractivity contribution is 6.34. The summed E-state index contributed by atoms with van der Waals surface area (Å²) in [6, 6.07) is 1.69. The lowest BCUT2D eigenvalue weighted by Gasteiger charge is -2.13. The summed E-state index contributed by atoms with van der Waals surface area (Å²) in [7, 11) is 0. The largest absolute Gasteiger partial charge is 0.365 e. The van der Waals surface area contributed by atoms with Gasteiger partial charge in [-0.05, 0) is 32.8 Å². The molecule has 0 saturated carbocycles. The van der Waals surface area contributed by atoms with Crippen LogP contribution in [-0.2, 0) is 9.53 Å². The van der Waals surface area contributed by atoms with Gasteiger partial charge in [-0.15, -0.1) is 0 Å². The number of hydrogen-bond donors (Lipinski definition) is 1. The van der Waals surface area contributed by atoms with Crippen LogP contribution in [0.15, 0.2) is 12.3 Å². The number of aromatic nitrogens is 1. The predicted octanol–water partition coefficient (Wildman–Crippen LogP) is 2.55. The molecule has 1 aliphatic heterocycles. The Labute approximate surface area is 105 Å². The number of nitrogens with one attached hydrogen (secondary N) is 1. The average molecular weight is 255 g/mol. The molecule has 0 unspecified atom stereocenters. The van der Waals surface area contributed by atoms with Crippen LogP contribution in [-0.4, -0.2) is 23.1 Å². The molecular formula is C12H15ClN2O2. The van der Waals surface area contributed by atoms with Crippen molar-refractivity contribution in [1.29, 1.82) is 0 Å². The van der Waals surface area contributed by atoms with Gasteiger partial charge in [0, 0.05) is 6.20 Å². The normalized spacial score (nSPS) is 23.7. The van der Waals surface area contributed by atoms with Crippen LogP contribution in [0.1, 0.15) is 25.5 Å². The summed E-state index contributed by atoms with van der Waals surface area (Å²) in [4.78, 5) is 16.0. The van der Waals surface area contributed by atoms with E-state index in [2.05, 4.69) is 10.3 Å². The van der Waals surface area contributed by atoms with Crippen LogP contribution in [0.25, 0.3) is 0 Å². The Morgan fingerprint density at radius 2 is 2.35 bits per heavy atom. The number of carbonyl (C=O) groups excluding carboxylic acids is 1. The van der Waals surface area contributed by atoms with Crippen LogP contribution in [0.5, 0.6) is 0 Å². The summed E-state index contributed by atoms with van der Waals surface area (Å²) < 4.78 is 5.49. The van der Waals surface area contributed by atoms with Gasteiger partial charge in [-0.25, -0.2) is 0 Å².